The molecule has 0 saturated carbocycles. The summed E-state index contributed by atoms with van der Waals surface area (Å²) in [6.45, 7) is 3.18. The molecule has 3 amide bonds. The normalized spacial score (nSPS) is 17.3. The van der Waals surface area contributed by atoms with Gasteiger partial charge < -0.3 is 20.7 Å². The van der Waals surface area contributed by atoms with Gasteiger partial charge in [-0.15, -0.1) is 0 Å². The van der Waals surface area contributed by atoms with E-state index in [0.29, 0.717) is 31.4 Å². The van der Waals surface area contributed by atoms with Gasteiger partial charge in [-0.25, -0.2) is 9.18 Å². The maximum atomic E-state index is 13.6. The summed E-state index contributed by atoms with van der Waals surface area (Å²) in [6.07, 6.45) is 0.909. The first-order chi connectivity index (χ1) is 10.0. The smallest absolute Gasteiger partial charge is 0.319 e. The Balaban J connectivity index is 1.90. The second-order valence-electron chi connectivity index (χ2n) is 4.94. The standard InChI is InChI=1S/C14H18FN3O3/c1-9(19)17-11-2-3-12(15)13(6-11)18-14(20)16-7-10-4-5-21-8-10/h2-3,6,10H,4-5,7-8H2,1H3,(H,17,19)(H2,16,18,20)/t10-/m1/s1. The van der Waals surface area contributed by atoms with E-state index in [9.17, 15) is 14.0 Å². The van der Waals surface area contributed by atoms with Crippen LogP contribution in [0.5, 0.6) is 0 Å². The SMILES string of the molecule is CC(=O)Nc1ccc(F)c(NC(=O)NC[C@H]2CCOC2)c1. The maximum Gasteiger partial charge on any atom is 0.319 e. The van der Waals surface area contributed by atoms with E-state index in [0.717, 1.165) is 6.42 Å². The number of rotatable bonds is 4. The zero-order valence-corrected chi connectivity index (χ0v) is 11.7. The maximum absolute atomic E-state index is 13.6. The van der Waals surface area contributed by atoms with Gasteiger partial charge in [0.05, 0.1) is 12.3 Å². The lowest BCUT2D eigenvalue weighted by Crippen LogP contribution is -2.33. The molecule has 1 aromatic rings. The van der Waals surface area contributed by atoms with Crippen molar-refractivity contribution in [2.45, 2.75) is 13.3 Å². The van der Waals surface area contributed by atoms with Crippen LogP contribution in [-0.2, 0) is 9.53 Å². The number of urea groups is 1. The number of amides is 3. The van der Waals surface area contributed by atoms with Crippen molar-refractivity contribution in [2.24, 2.45) is 5.92 Å². The number of hydrogen-bond donors (Lipinski definition) is 3. The van der Waals surface area contributed by atoms with Gasteiger partial charge in [-0.2, -0.15) is 0 Å². The van der Waals surface area contributed by atoms with Crippen molar-refractivity contribution >= 4 is 23.3 Å². The molecule has 1 aliphatic heterocycles. The molecular formula is C14H18FN3O3. The number of carbonyl (C=O) groups is 2. The Kier molecular flexibility index (Phi) is 5.10. The highest BCUT2D eigenvalue weighted by molar-refractivity contribution is 5.92. The van der Waals surface area contributed by atoms with Gasteiger partial charge >= 0.3 is 6.03 Å². The fraction of sp³-hybridized carbons (Fsp3) is 0.429. The third-order valence-corrected chi connectivity index (χ3v) is 3.11. The van der Waals surface area contributed by atoms with Crippen LogP contribution in [0.4, 0.5) is 20.6 Å². The molecule has 0 spiro atoms. The van der Waals surface area contributed by atoms with Crippen LogP contribution in [0.15, 0.2) is 18.2 Å². The summed E-state index contributed by atoms with van der Waals surface area (Å²) in [7, 11) is 0. The lowest BCUT2D eigenvalue weighted by molar-refractivity contribution is -0.114. The summed E-state index contributed by atoms with van der Waals surface area (Å²) in [5.41, 5.74) is 0.435. The van der Waals surface area contributed by atoms with Crippen molar-refractivity contribution in [2.75, 3.05) is 30.4 Å². The first kappa shape index (κ1) is 15.2. The Morgan fingerprint density at radius 3 is 2.86 bits per heavy atom. The van der Waals surface area contributed by atoms with Crippen molar-refractivity contribution in [3.63, 3.8) is 0 Å². The van der Waals surface area contributed by atoms with Crippen LogP contribution in [0.1, 0.15) is 13.3 Å². The van der Waals surface area contributed by atoms with Gasteiger partial charge in [-0.05, 0) is 24.6 Å². The molecular weight excluding hydrogens is 277 g/mol. The highest BCUT2D eigenvalue weighted by Gasteiger charge is 2.16. The molecule has 1 fully saturated rings. The van der Waals surface area contributed by atoms with Crippen molar-refractivity contribution < 1.29 is 18.7 Å². The first-order valence-corrected chi connectivity index (χ1v) is 6.74. The van der Waals surface area contributed by atoms with E-state index in [1.54, 1.807) is 0 Å². The number of halogens is 1. The fourth-order valence-electron chi connectivity index (χ4n) is 2.05. The molecule has 3 N–H and O–H groups in total. The second kappa shape index (κ2) is 7.03. The minimum absolute atomic E-state index is 0.0152. The third kappa shape index (κ3) is 4.71. The van der Waals surface area contributed by atoms with Gasteiger partial charge in [0.25, 0.3) is 0 Å². The molecule has 2 rings (SSSR count). The molecule has 1 aromatic carbocycles. The fourth-order valence-corrected chi connectivity index (χ4v) is 2.05. The zero-order valence-electron chi connectivity index (χ0n) is 11.7. The van der Waals surface area contributed by atoms with E-state index in [1.807, 2.05) is 0 Å². The van der Waals surface area contributed by atoms with Crippen molar-refractivity contribution in [1.29, 1.82) is 0 Å². The van der Waals surface area contributed by atoms with E-state index in [1.165, 1.54) is 25.1 Å². The van der Waals surface area contributed by atoms with Crippen LogP contribution in [0.2, 0.25) is 0 Å². The lowest BCUT2D eigenvalue weighted by atomic mass is 10.1. The number of benzene rings is 1. The minimum atomic E-state index is -0.566. The summed E-state index contributed by atoms with van der Waals surface area (Å²) < 4.78 is 18.8. The van der Waals surface area contributed by atoms with Gasteiger partial charge in [0.15, 0.2) is 0 Å². The van der Waals surface area contributed by atoms with Crippen LogP contribution < -0.4 is 16.0 Å². The highest BCUT2D eigenvalue weighted by atomic mass is 19.1. The number of ether oxygens (including phenoxy) is 1. The molecule has 1 saturated heterocycles. The predicted molar refractivity (Wildman–Crippen MR) is 76.7 cm³/mol. The van der Waals surface area contributed by atoms with Gasteiger partial charge in [0.2, 0.25) is 5.91 Å². The first-order valence-electron chi connectivity index (χ1n) is 6.74. The number of hydrogen-bond acceptors (Lipinski definition) is 3. The van der Waals surface area contributed by atoms with Crippen LogP contribution in [0, 0.1) is 11.7 Å². The monoisotopic (exact) mass is 295 g/mol. The number of nitrogens with one attached hydrogen (secondary N) is 3. The van der Waals surface area contributed by atoms with Gasteiger partial charge in [-0.1, -0.05) is 0 Å². The summed E-state index contributed by atoms with van der Waals surface area (Å²) in [5, 5.41) is 7.64. The molecule has 0 aromatic heterocycles. The van der Waals surface area contributed by atoms with E-state index >= 15 is 0 Å². The Hall–Kier alpha value is -2.15. The van der Waals surface area contributed by atoms with Gasteiger partial charge in [-0.3, -0.25) is 4.79 Å². The Morgan fingerprint density at radius 2 is 2.19 bits per heavy atom. The molecule has 0 aliphatic carbocycles. The second-order valence-corrected chi connectivity index (χ2v) is 4.94. The molecule has 0 radical (unpaired) electrons. The average Bonchev–Trinajstić information content (AvgIpc) is 2.93. The molecule has 114 valence electrons. The Morgan fingerprint density at radius 1 is 1.38 bits per heavy atom. The summed E-state index contributed by atoms with van der Waals surface area (Å²) >= 11 is 0. The van der Waals surface area contributed by atoms with Crippen LogP contribution in [-0.4, -0.2) is 31.7 Å². The predicted octanol–water partition coefficient (Wildman–Crippen LogP) is 1.94. The molecule has 1 heterocycles. The topological polar surface area (TPSA) is 79.5 Å². The van der Waals surface area contributed by atoms with E-state index in [2.05, 4.69) is 16.0 Å². The number of anilines is 2. The molecule has 0 bridgehead atoms. The molecule has 6 nitrogen and oxygen atoms in total. The average molecular weight is 295 g/mol. The number of carbonyl (C=O) groups excluding carboxylic acids is 2. The molecule has 0 unspecified atom stereocenters. The summed E-state index contributed by atoms with van der Waals surface area (Å²) in [6, 6.07) is 3.50. The van der Waals surface area contributed by atoms with Crippen LogP contribution in [0.3, 0.4) is 0 Å². The molecule has 1 atom stereocenters. The summed E-state index contributed by atoms with van der Waals surface area (Å²) in [5.74, 6) is -0.534. The largest absolute Gasteiger partial charge is 0.381 e. The summed E-state index contributed by atoms with van der Waals surface area (Å²) in [4.78, 5) is 22.7. The third-order valence-electron chi connectivity index (χ3n) is 3.11. The van der Waals surface area contributed by atoms with Gasteiger partial charge in [0, 0.05) is 31.7 Å². The van der Waals surface area contributed by atoms with Gasteiger partial charge in [0.1, 0.15) is 5.82 Å². The van der Waals surface area contributed by atoms with Crippen LogP contribution >= 0.6 is 0 Å². The van der Waals surface area contributed by atoms with E-state index in [4.69, 9.17) is 4.74 Å². The van der Waals surface area contributed by atoms with Crippen molar-refractivity contribution in [1.82, 2.24) is 5.32 Å². The Labute approximate surface area is 122 Å². The molecule has 1 aliphatic rings. The zero-order chi connectivity index (χ0) is 15.2. The molecule has 7 heteroatoms. The van der Waals surface area contributed by atoms with Crippen molar-refractivity contribution in [3.05, 3.63) is 24.0 Å². The minimum Gasteiger partial charge on any atom is -0.381 e. The van der Waals surface area contributed by atoms with Crippen molar-refractivity contribution in [3.8, 4) is 0 Å². The van der Waals surface area contributed by atoms with Crippen LogP contribution in [0.25, 0.3) is 0 Å². The Bertz CT molecular complexity index is 530. The quantitative estimate of drug-likeness (QED) is 0.794. The molecule has 21 heavy (non-hydrogen) atoms. The lowest BCUT2D eigenvalue weighted by Gasteiger charge is -2.12. The van der Waals surface area contributed by atoms with E-state index in [-0.39, 0.29) is 11.6 Å². The highest BCUT2D eigenvalue weighted by Crippen LogP contribution is 2.19. The van der Waals surface area contributed by atoms with E-state index < -0.39 is 11.8 Å².